The molecule has 1 N–H and O–H groups in total. The van der Waals surface area contributed by atoms with E-state index in [2.05, 4.69) is 10.2 Å². The number of fused-ring (bicyclic) bond motifs is 1. The van der Waals surface area contributed by atoms with Crippen molar-refractivity contribution in [1.82, 2.24) is 10.2 Å². The third-order valence-corrected chi connectivity index (χ3v) is 9.23. The number of aliphatic hydroxyl groups excluding tert-OH is 1. The van der Waals surface area contributed by atoms with E-state index in [1.54, 1.807) is 0 Å². The summed E-state index contributed by atoms with van der Waals surface area (Å²) in [6.45, 7) is 0. The van der Waals surface area contributed by atoms with Crippen molar-refractivity contribution in [2.24, 2.45) is 0 Å². The van der Waals surface area contributed by atoms with E-state index in [0.717, 1.165) is 38.6 Å². The lowest BCUT2D eigenvalue weighted by Crippen LogP contribution is -2.29. The summed E-state index contributed by atoms with van der Waals surface area (Å²) in [6.07, 6.45) is 0. The number of thioether (sulfide) groups is 1. The van der Waals surface area contributed by atoms with E-state index in [0.29, 0.717) is 15.7 Å². The minimum Gasteiger partial charge on any atom is -0.507 e. The number of aromatic nitrogens is 2. The zero-order chi connectivity index (χ0) is 31.0. The first-order chi connectivity index (χ1) is 21.3. The number of nitrogens with zero attached hydrogens (tertiary/aromatic N) is 4. The Morgan fingerprint density at radius 1 is 1.07 bits per heavy atom. The SMILES string of the molecule is COc1ccc(/C(O)=C2\C(=O)C(=O)N(c3nnc(SCc4cccc5ccccc45)s3)C2c2ccc([N+](=O)[O-])cc2)cc1F. The number of nitro groups is 1. The van der Waals surface area contributed by atoms with Crippen LogP contribution in [0.2, 0.25) is 0 Å². The number of carbonyl (C=O) groups is 2. The van der Waals surface area contributed by atoms with Gasteiger partial charge >= 0.3 is 5.91 Å². The summed E-state index contributed by atoms with van der Waals surface area (Å²) in [4.78, 5) is 38.7. The number of hydrogen-bond acceptors (Lipinski definition) is 10. The molecule has 0 saturated carbocycles. The second kappa shape index (κ2) is 11.9. The quantitative estimate of drug-likeness (QED) is 0.0380. The summed E-state index contributed by atoms with van der Waals surface area (Å²) in [5, 5.41) is 33.3. The van der Waals surface area contributed by atoms with Crippen molar-refractivity contribution in [2.75, 3.05) is 12.0 Å². The predicted molar refractivity (Wildman–Crippen MR) is 164 cm³/mol. The van der Waals surface area contributed by atoms with Gasteiger partial charge in [-0.1, -0.05) is 65.6 Å². The number of halogens is 1. The number of ketones is 1. The molecule has 1 aliphatic rings. The highest BCUT2D eigenvalue weighted by Gasteiger charge is 2.48. The minimum atomic E-state index is -1.22. The van der Waals surface area contributed by atoms with Gasteiger partial charge in [-0.2, -0.15) is 0 Å². The number of methoxy groups -OCH3 is 1. The topological polar surface area (TPSA) is 136 Å². The van der Waals surface area contributed by atoms with Crippen LogP contribution < -0.4 is 9.64 Å². The van der Waals surface area contributed by atoms with Crippen molar-refractivity contribution in [2.45, 2.75) is 16.1 Å². The summed E-state index contributed by atoms with van der Waals surface area (Å²) in [6, 6.07) is 21.7. The molecule has 0 spiro atoms. The van der Waals surface area contributed by atoms with Crippen LogP contribution in [0.15, 0.2) is 94.8 Å². The van der Waals surface area contributed by atoms with E-state index in [1.165, 1.54) is 55.3 Å². The largest absolute Gasteiger partial charge is 0.507 e. The Kier molecular flexibility index (Phi) is 7.80. The predicted octanol–water partition coefficient (Wildman–Crippen LogP) is 6.67. The maximum absolute atomic E-state index is 14.5. The van der Waals surface area contributed by atoms with Crippen molar-refractivity contribution < 1.29 is 28.7 Å². The van der Waals surface area contributed by atoms with Crippen LogP contribution in [0.5, 0.6) is 5.75 Å². The molecule has 1 amide bonds. The molecule has 1 fully saturated rings. The highest BCUT2D eigenvalue weighted by atomic mass is 32.2. The smallest absolute Gasteiger partial charge is 0.301 e. The summed E-state index contributed by atoms with van der Waals surface area (Å²) < 4.78 is 20.0. The number of carbonyl (C=O) groups excluding carboxylic acids is 2. The van der Waals surface area contributed by atoms with Gasteiger partial charge in [0.1, 0.15) is 5.76 Å². The molecular formula is C31H21FN4O6S2. The van der Waals surface area contributed by atoms with Crippen LogP contribution in [0.25, 0.3) is 16.5 Å². The van der Waals surface area contributed by atoms with Crippen LogP contribution in [0.1, 0.15) is 22.7 Å². The third-order valence-electron chi connectivity index (χ3n) is 7.12. The van der Waals surface area contributed by atoms with Gasteiger partial charge in [-0.05, 0) is 52.2 Å². The fourth-order valence-electron chi connectivity index (χ4n) is 5.01. The molecule has 6 rings (SSSR count). The molecule has 10 nitrogen and oxygen atoms in total. The molecule has 5 aromatic rings. The molecule has 44 heavy (non-hydrogen) atoms. The minimum absolute atomic E-state index is 0.0585. The van der Waals surface area contributed by atoms with Gasteiger partial charge in [-0.15, -0.1) is 10.2 Å². The number of non-ortho nitro benzene ring substituents is 1. The van der Waals surface area contributed by atoms with E-state index in [-0.39, 0.29) is 27.7 Å². The molecule has 0 bridgehead atoms. The Morgan fingerprint density at radius 3 is 2.55 bits per heavy atom. The maximum Gasteiger partial charge on any atom is 0.301 e. The summed E-state index contributed by atoms with van der Waals surface area (Å²) in [7, 11) is 1.29. The zero-order valence-electron chi connectivity index (χ0n) is 22.8. The Balaban J connectivity index is 1.39. The van der Waals surface area contributed by atoms with Gasteiger partial charge in [0.15, 0.2) is 15.9 Å². The molecule has 0 aliphatic carbocycles. The van der Waals surface area contributed by atoms with Gasteiger partial charge in [-0.3, -0.25) is 24.6 Å². The number of benzene rings is 4. The third kappa shape index (κ3) is 5.27. The molecule has 1 atom stereocenters. The zero-order valence-corrected chi connectivity index (χ0v) is 24.5. The second-order valence-electron chi connectivity index (χ2n) is 9.64. The lowest BCUT2D eigenvalue weighted by atomic mass is 9.95. The molecule has 2 heterocycles. The summed E-state index contributed by atoms with van der Waals surface area (Å²) in [5.74, 6) is -2.91. The van der Waals surface area contributed by atoms with Crippen LogP contribution in [0.4, 0.5) is 15.2 Å². The number of Topliss-reactive ketones (excluding diaryl/α,β-unsaturated/α-hetero) is 1. The number of amides is 1. The highest BCUT2D eigenvalue weighted by molar-refractivity contribution is 8.00. The molecule has 1 aliphatic heterocycles. The van der Waals surface area contributed by atoms with Crippen LogP contribution in [-0.2, 0) is 15.3 Å². The maximum atomic E-state index is 14.5. The van der Waals surface area contributed by atoms with Crippen molar-refractivity contribution in [1.29, 1.82) is 0 Å². The molecule has 1 saturated heterocycles. The van der Waals surface area contributed by atoms with Crippen LogP contribution in [0, 0.1) is 15.9 Å². The lowest BCUT2D eigenvalue weighted by Gasteiger charge is -2.22. The second-order valence-corrected chi connectivity index (χ2v) is 11.8. The molecule has 1 aromatic heterocycles. The van der Waals surface area contributed by atoms with Crippen molar-refractivity contribution in [3.63, 3.8) is 0 Å². The highest BCUT2D eigenvalue weighted by Crippen LogP contribution is 2.44. The van der Waals surface area contributed by atoms with Crippen LogP contribution >= 0.6 is 23.1 Å². The number of nitro benzene ring substituents is 1. The first-order valence-electron chi connectivity index (χ1n) is 13.1. The van der Waals surface area contributed by atoms with Gasteiger partial charge < -0.3 is 9.84 Å². The van der Waals surface area contributed by atoms with Gasteiger partial charge in [0.25, 0.3) is 11.5 Å². The van der Waals surface area contributed by atoms with Crippen LogP contribution in [-0.4, -0.2) is 39.0 Å². The lowest BCUT2D eigenvalue weighted by molar-refractivity contribution is -0.384. The van der Waals surface area contributed by atoms with Crippen molar-refractivity contribution in [3.8, 4) is 5.75 Å². The number of rotatable bonds is 8. The van der Waals surface area contributed by atoms with E-state index < -0.39 is 34.2 Å². The molecule has 0 radical (unpaired) electrons. The average molecular weight is 629 g/mol. The number of anilines is 1. The molecule has 1 unspecified atom stereocenters. The van der Waals surface area contributed by atoms with Gasteiger partial charge in [0, 0.05) is 23.4 Å². The number of ether oxygens (including phenoxy) is 1. The van der Waals surface area contributed by atoms with E-state index in [9.17, 15) is 29.2 Å². The Labute approximate surface area is 257 Å². The van der Waals surface area contributed by atoms with Crippen molar-refractivity contribution >= 4 is 62.1 Å². The monoisotopic (exact) mass is 628 g/mol. The van der Waals surface area contributed by atoms with Crippen molar-refractivity contribution in [3.05, 3.63) is 123 Å². The van der Waals surface area contributed by atoms with Gasteiger partial charge in [0.2, 0.25) is 5.13 Å². The standard InChI is InChI=1S/C31H21FN4O6S2/c1-42-24-14-11-19(15-23(24)32)27(37)25-26(18-9-12-21(13-10-18)36(40)41)35(29(39)28(25)38)30-33-34-31(44-30)43-16-20-7-4-6-17-5-2-3-8-22(17)20/h2-15,26,37H,16H2,1H3/b27-25+. The van der Waals surface area contributed by atoms with Crippen LogP contribution in [0.3, 0.4) is 0 Å². The molecule has 220 valence electrons. The number of aliphatic hydroxyl groups is 1. The van der Waals surface area contributed by atoms with Gasteiger partial charge in [-0.25, -0.2) is 4.39 Å². The normalized spacial score (nSPS) is 16.0. The van der Waals surface area contributed by atoms with E-state index in [4.69, 9.17) is 4.74 Å². The van der Waals surface area contributed by atoms with E-state index in [1.807, 2.05) is 42.5 Å². The summed E-state index contributed by atoms with van der Waals surface area (Å²) >= 11 is 2.50. The number of hydrogen-bond donors (Lipinski definition) is 1. The molecule has 13 heteroatoms. The Morgan fingerprint density at radius 2 is 1.82 bits per heavy atom. The summed E-state index contributed by atoms with van der Waals surface area (Å²) in [5.41, 5.74) is 0.796. The fraction of sp³-hybridized carbons (Fsp3) is 0.0968. The fourth-order valence-corrected chi connectivity index (χ4v) is 6.88. The Bertz CT molecular complexity index is 1970. The van der Waals surface area contributed by atoms with Gasteiger partial charge in [0.05, 0.1) is 23.6 Å². The molecule has 4 aromatic carbocycles. The first-order valence-corrected chi connectivity index (χ1v) is 14.9. The Hall–Kier alpha value is -5.14. The van der Waals surface area contributed by atoms with E-state index >= 15 is 0 Å². The average Bonchev–Trinajstić information content (AvgIpc) is 3.61. The first kappa shape index (κ1) is 29.0. The molecular weight excluding hydrogens is 607 g/mol.